The number of rotatable bonds is 3. The summed E-state index contributed by atoms with van der Waals surface area (Å²) in [7, 11) is 3.23. The summed E-state index contributed by atoms with van der Waals surface area (Å²) in [4.78, 5) is 0. The fourth-order valence-corrected chi connectivity index (χ4v) is 4.82. The fraction of sp³-hybridized carbons (Fsp3) is 1.00. The Morgan fingerprint density at radius 2 is 1.61 bits per heavy atom. The predicted molar refractivity (Wildman–Crippen MR) is 83.0 cm³/mol. The van der Waals surface area contributed by atoms with Gasteiger partial charge in [-0.25, -0.2) is 0 Å². The maximum atomic E-state index is 10.2. The van der Waals surface area contributed by atoms with E-state index in [-0.39, 0.29) is 30.3 Å². The van der Waals surface area contributed by atoms with Crippen molar-refractivity contribution in [2.45, 2.75) is 81.3 Å². The molecule has 1 aliphatic heterocycles. The molecule has 0 aromatic heterocycles. The van der Waals surface area contributed by atoms with E-state index in [4.69, 9.17) is 14.2 Å². The summed E-state index contributed by atoms with van der Waals surface area (Å²) in [5, 5.41) is 30.3. The van der Waals surface area contributed by atoms with Crippen molar-refractivity contribution in [1.82, 2.24) is 0 Å². The lowest BCUT2D eigenvalue weighted by Crippen LogP contribution is -2.57. The third-order valence-corrected chi connectivity index (χ3v) is 6.13. The Balaban J connectivity index is 1.62. The molecule has 3 aliphatic rings. The van der Waals surface area contributed by atoms with E-state index in [1.165, 1.54) is 0 Å². The molecule has 0 spiro atoms. The Morgan fingerprint density at radius 1 is 0.826 bits per heavy atom. The first-order valence-corrected chi connectivity index (χ1v) is 8.80. The number of fused-ring (bicyclic) bond motifs is 1. The van der Waals surface area contributed by atoms with Crippen LogP contribution in [-0.2, 0) is 14.2 Å². The SMILES string of the molecule is COC1CCC(C2CCC3C(CC(O)C(O)C3OC)O2)CC1O. The molecule has 3 N–H and O–H groups in total. The van der Waals surface area contributed by atoms with Crippen molar-refractivity contribution in [3.63, 3.8) is 0 Å². The maximum Gasteiger partial charge on any atom is 0.106 e. The molecule has 2 saturated carbocycles. The van der Waals surface area contributed by atoms with E-state index in [1.54, 1.807) is 14.2 Å². The highest BCUT2D eigenvalue weighted by molar-refractivity contribution is 4.98. The largest absolute Gasteiger partial charge is 0.390 e. The van der Waals surface area contributed by atoms with Crippen LogP contribution in [0.25, 0.3) is 0 Å². The lowest BCUT2D eigenvalue weighted by molar-refractivity contribution is -0.215. The molecular weight excluding hydrogens is 300 g/mol. The Morgan fingerprint density at radius 3 is 2.26 bits per heavy atom. The summed E-state index contributed by atoms with van der Waals surface area (Å²) < 4.78 is 17.0. The molecule has 6 nitrogen and oxygen atoms in total. The molecule has 9 unspecified atom stereocenters. The van der Waals surface area contributed by atoms with Gasteiger partial charge >= 0.3 is 0 Å². The topological polar surface area (TPSA) is 88.4 Å². The average Bonchev–Trinajstić information content (AvgIpc) is 2.55. The summed E-state index contributed by atoms with van der Waals surface area (Å²) in [6.07, 6.45) is 2.42. The van der Waals surface area contributed by atoms with Gasteiger partial charge in [0.2, 0.25) is 0 Å². The molecular formula is C17H30O6. The van der Waals surface area contributed by atoms with Crippen LogP contribution in [0, 0.1) is 11.8 Å². The lowest BCUT2D eigenvalue weighted by Gasteiger charge is -2.49. The summed E-state index contributed by atoms with van der Waals surface area (Å²) >= 11 is 0. The molecule has 1 saturated heterocycles. The minimum absolute atomic E-state index is 0.0629. The lowest BCUT2D eigenvalue weighted by atomic mass is 9.73. The van der Waals surface area contributed by atoms with Crippen molar-refractivity contribution in [1.29, 1.82) is 0 Å². The number of hydrogen-bond donors (Lipinski definition) is 3. The molecule has 9 atom stereocenters. The molecule has 2 aliphatic carbocycles. The molecule has 1 heterocycles. The van der Waals surface area contributed by atoms with E-state index < -0.39 is 18.3 Å². The zero-order valence-corrected chi connectivity index (χ0v) is 14.0. The first-order chi connectivity index (χ1) is 11.0. The monoisotopic (exact) mass is 330 g/mol. The third-order valence-electron chi connectivity index (χ3n) is 6.13. The molecule has 0 aromatic carbocycles. The first kappa shape index (κ1) is 17.6. The highest BCUT2D eigenvalue weighted by Gasteiger charge is 2.48. The van der Waals surface area contributed by atoms with E-state index in [0.717, 1.165) is 25.7 Å². The summed E-state index contributed by atoms with van der Waals surface area (Å²) in [5.41, 5.74) is 0. The molecule has 0 amide bonds. The zero-order valence-electron chi connectivity index (χ0n) is 14.0. The highest BCUT2D eigenvalue weighted by atomic mass is 16.5. The van der Waals surface area contributed by atoms with E-state index in [2.05, 4.69) is 0 Å². The Labute approximate surface area is 137 Å². The van der Waals surface area contributed by atoms with Crippen LogP contribution in [0.1, 0.15) is 38.5 Å². The molecule has 3 fully saturated rings. The fourth-order valence-electron chi connectivity index (χ4n) is 4.82. The Bertz CT molecular complexity index is 391. The van der Waals surface area contributed by atoms with E-state index >= 15 is 0 Å². The predicted octanol–water partition coefficient (Wildman–Crippen LogP) is 0.467. The molecule has 23 heavy (non-hydrogen) atoms. The van der Waals surface area contributed by atoms with Gasteiger partial charge in [-0.2, -0.15) is 0 Å². The minimum Gasteiger partial charge on any atom is -0.390 e. The van der Waals surface area contributed by atoms with Crippen LogP contribution in [0.15, 0.2) is 0 Å². The average molecular weight is 330 g/mol. The van der Waals surface area contributed by atoms with Crippen LogP contribution < -0.4 is 0 Å². The van der Waals surface area contributed by atoms with Gasteiger partial charge in [-0.05, 0) is 38.0 Å². The van der Waals surface area contributed by atoms with Crippen LogP contribution in [0.5, 0.6) is 0 Å². The molecule has 0 radical (unpaired) electrons. The zero-order chi connectivity index (χ0) is 16.6. The quantitative estimate of drug-likeness (QED) is 0.697. The van der Waals surface area contributed by atoms with E-state index in [1.807, 2.05) is 0 Å². The van der Waals surface area contributed by atoms with Gasteiger partial charge in [0.1, 0.15) is 6.10 Å². The van der Waals surface area contributed by atoms with Crippen LogP contribution in [-0.4, -0.2) is 72.3 Å². The van der Waals surface area contributed by atoms with Crippen molar-refractivity contribution >= 4 is 0 Å². The van der Waals surface area contributed by atoms with Crippen molar-refractivity contribution in [3.8, 4) is 0 Å². The van der Waals surface area contributed by atoms with Gasteiger partial charge in [0, 0.05) is 26.6 Å². The first-order valence-electron chi connectivity index (χ1n) is 8.80. The molecule has 3 rings (SSSR count). The number of methoxy groups -OCH3 is 2. The van der Waals surface area contributed by atoms with Crippen LogP contribution in [0.3, 0.4) is 0 Å². The van der Waals surface area contributed by atoms with E-state index in [9.17, 15) is 15.3 Å². The van der Waals surface area contributed by atoms with Crippen LogP contribution in [0.2, 0.25) is 0 Å². The van der Waals surface area contributed by atoms with Gasteiger partial charge in [-0.3, -0.25) is 0 Å². The van der Waals surface area contributed by atoms with Crippen molar-refractivity contribution < 1.29 is 29.5 Å². The number of hydrogen-bond acceptors (Lipinski definition) is 6. The van der Waals surface area contributed by atoms with Gasteiger partial charge in [0.05, 0.1) is 36.6 Å². The second-order valence-electron chi connectivity index (χ2n) is 7.36. The second-order valence-corrected chi connectivity index (χ2v) is 7.36. The molecule has 6 heteroatoms. The summed E-state index contributed by atoms with van der Waals surface area (Å²) in [5.74, 6) is 0.470. The molecule has 0 aromatic rings. The number of aliphatic hydroxyl groups excluding tert-OH is 3. The Hall–Kier alpha value is -0.240. The summed E-state index contributed by atoms with van der Waals surface area (Å²) in [6.45, 7) is 0. The highest BCUT2D eigenvalue weighted by Crippen LogP contribution is 2.42. The molecule has 134 valence electrons. The van der Waals surface area contributed by atoms with Crippen molar-refractivity contribution in [3.05, 3.63) is 0 Å². The second kappa shape index (κ2) is 7.33. The Kier molecular flexibility index (Phi) is 5.61. The normalized spacial score (nSPS) is 51.3. The maximum absolute atomic E-state index is 10.2. The minimum atomic E-state index is -0.833. The number of ether oxygens (including phenoxy) is 3. The van der Waals surface area contributed by atoms with E-state index in [0.29, 0.717) is 18.8 Å². The third kappa shape index (κ3) is 3.43. The van der Waals surface area contributed by atoms with Crippen LogP contribution >= 0.6 is 0 Å². The van der Waals surface area contributed by atoms with Gasteiger partial charge in [0.15, 0.2) is 0 Å². The van der Waals surface area contributed by atoms with Gasteiger partial charge < -0.3 is 29.5 Å². The van der Waals surface area contributed by atoms with Gasteiger partial charge in [-0.1, -0.05) is 0 Å². The van der Waals surface area contributed by atoms with Crippen molar-refractivity contribution in [2.24, 2.45) is 11.8 Å². The smallest absolute Gasteiger partial charge is 0.106 e. The standard InChI is InChI=1S/C17H30O6/c1-21-14-5-3-9(7-11(14)18)13-6-4-10-15(23-13)8-12(19)16(20)17(10)22-2/h9-20H,3-8H2,1-2H3. The number of aliphatic hydroxyl groups is 3. The summed E-state index contributed by atoms with van der Waals surface area (Å²) in [6, 6.07) is 0. The van der Waals surface area contributed by atoms with Crippen LogP contribution in [0.4, 0.5) is 0 Å². The van der Waals surface area contributed by atoms with Gasteiger partial charge in [-0.15, -0.1) is 0 Å². The molecule has 0 bridgehead atoms. The van der Waals surface area contributed by atoms with Crippen molar-refractivity contribution in [2.75, 3.05) is 14.2 Å². The van der Waals surface area contributed by atoms with Gasteiger partial charge in [0.25, 0.3) is 0 Å².